The van der Waals surface area contributed by atoms with Crippen molar-refractivity contribution in [3.8, 4) is 0 Å². The third kappa shape index (κ3) is 9.52. The lowest BCUT2D eigenvalue weighted by molar-refractivity contribution is -0.384. The summed E-state index contributed by atoms with van der Waals surface area (Å²) in [4.78, 5) is 61.8. The number of nitrogens with zero attached hydrogens (tertiary/aromatic N) is 1. The first-order valence-electron chi connectivity index (χ1n) is 13.3. The SMILES string of the molecule is C[C@H](NC(=O)[C@H](C)NC(=O)[C@@H](N)Cc1ccccc1)C(=O)N[C@@H](Cc1ccccc1)C(=O)Nc1ccc([N+](=O)[O-])cc1. The number of non-ortho nitro benzene ring substituents is 1. The van der Waals surface area contributed by atoms with Gasteiger partial charge in [-0.15, -0.1) is 0 Å². The molecule has 0 heterocycles. The molecular formula is C30H34N6O6. The van der Waals surface area contributed by atoms with Gasteiger partial charge in [-0.1, -0.05) is 60.7 Å². The Balaban J connectivity index is 1.59. The molecule has 4 atom stereocenters. The second kappa shape index (κ2) is 15.1. The molecule has 42 heavy (non-hydrogen) atoms. The fraction of sp³-hybridized carbons (Fsp3) is 0.267. The van der Waals surface area contributed by atoms with Gasteiger partial charge in [0.25, 0.3) is 5.69 Å². The number of carbonyl (C=O) groups excluding carboxylic acids is 4. The van der Waals surface area contributed by atoms with Crippen LogP contribution in [0.2, 0.25) is 0 Å². The molecule has 220 valence electrons. The van der Waals surface area contributed by atoms with E-state index in [9.17, 15) is 29.3 Å². The Bertz CT molecular complexity index is 1380. The molecule has 0 fully saturated rings. The molecule has 0 unspecified atom stereocenters. The minimum absolute atomic E-state index is 0.129. The van der Waals surface area contributed by atoms with E-state index in [1.54, 1.807) is 24.3 Å². The van der Waals surface area contributed by atoms with Crippen LogP contribution in [0.1, 0.15) is 25.0 Å². The van der Waals surface area contributed by atoms with Gasteiger partial charge in [0, 0.05) is 24.2 Å². The van der Waals surface area contributed by atoms with Crippen molar-refractivity contribution in [2.45, 2.75) is 50.9 Å². The summed E-state index contributed by atoms with van der Waals surface area (Å²) in [6.45, 7) is 2.93. The maximum atomic E-state index is 13.1. The molecular weight excluding hydrogens is 540 g/mol. The zero-order valence-corrected chi connectivity index (χ0v) is 23.3. The van der Waals surface area contributed by atoms with E-state index in [0.717, 1.165) is 11.1 Å². The van der Waals surface area contributed by atoms with Crippen molar-refractivity contribution >= 4 is 35.0 Å². The highest BCUT2D eigenvalue weighted by molar-refractivity contribution is 5.99. The van der Waals surface area contributed by atoms with E-state index in [2.05, 4.69) is 21.3 Å². The predicted octanol–water partition coefficient (Wildman–Crippen LogP) is 1.84. The number of anilines is 1. The van der Waals surface area contributed by atoms with Gasteiger partial charge in [0.2, 0.25) is 23.6 Å². The number of nitro benzene ring substituents is 1. The molecule has 0 aliphatic carbocycles. The van der Waals surface area contributed by atoms with Crippen LogP contribution in [0, 0.1) is 10.1 Å². The highest BCUT2D eigenvalue weighted by atomic mass is 16.6. The number of amides is 4. The number of carbonyl (C=O) groups is 4. The molecule has 12 heteroatoms. The summed E-state index contributed by atoms with van der Waals surface area (Å²) in [7, 11) is 0. The summed E-state index contributed by atoms with van der Waals surface area (Å²) in [6, 6.07) is 19.6. The van der Waals surface area contributed by atoms with Crippen LogP contribution in [0.15, 0.2) is 84.9 Å². The number of hydrogen-bond donors (Lipinski definition) is 5. The summed E-state index contributed by atoms with van der Waals surface area (Å²) >= 11 is 0. The van der Waals surface area contributed by atoms with Gasteiger partial charge in [-0.3, -0.25) is 29.3 Å². The summed E-state index contributed by atoms with van der Waals surface area (Å²) in [6.07, 6.45) is 0.447. The molecule has 4 amide bonds. The molecule has 0 spiro atoms. The first-order valence-corrected chi connectivity index (χ1v) is 13.3. The lowest BCUT2D eigenvalue weighted by atomic mass is 10.0. The fourth-order valence-electron chi connectivity index (χ4n) is 4.00. The van der Waals surface area contributed by atoms with E-state index in [0.29, 0.717) is 12.1 Å². The normalized spacial score (nSPS) is 13.5. The lowest BCUT2D eigenvalue weighted by Crippen LogP contribution is -2.56. The van der Waals surface area contributed by atoms with E-state index in [-0.39, 0.29) is 12.1 Å². The lowest BCUT2D eigenvalue weighted by Gasteiger charge is -2.23. The molecule has 0 saturated carbocycles. The monoisotopic (exact) mass is 574 g/mol. The standard InChI is InChI=1S/C30H34N6O6/c1-19(33-29(39)25(31)17-21-9-5-3-6-10-21)27(37)32-20(2)28(38)35-26(18-22-11-7-4-8-12-22)30(40)34-23-13-15-24(16-14-23)36(41)42/h3-16,19-20,25-26H,17-18,31H2,1-2H3,(H,32,37)(H,33,39)(H,34,40)(H,35,38)/t19-,20-,25-,26-/m0/s1. The number of nitrogens with two attached hydrogens (primary N) is 1. The van der Waals surface area contributed by atoms with Crippen molar-refractivity contribution in [3.63, 3.8) is 0 Å². The average Bonchev–Trinajstić information content (AvgIpc) is 2.97. The highest BCUT2D eigenvalue weighted by Crippen LogP contribution is 2.16. The first kappa shape index (κ1) is 31.4. The summed E-state index contributed by atoms with van der Waals surface area (Å²) in [5, 5.41) is 21.3. The van der Waals surface area contributed by atoms with Crippen molar-refractivity contribution in [2.75, 3.05) is 5.32 Å². The second-order valence-electron chi connectivity index (χ2n) is 9.80. The van der Waals surface area contributed by atoms with Crippen LogP contribution in [-0.4, -0.2) is 52.7 Å². The van der Waals surface area contributed by atoms with Crippen molar-refractivity contribution in [1.82, 2.24) is 16.0 Å². The molecule has 0 radical (unpaired) electrons. The van der Waals surface area contributed by atoms with E-state index < -0.39 is 52.7 Å². The van der Waals surface area contributed by atoms with Crippen LogP contribution in [0.25, 0.3) is 0 Å². The smallest absolute Gasteiger partial charge is 0.269 e. The summed E-state index contributed by atoms with van der Waals surface area (Å²) < 4.78 is 0. The Labute approximate surface area is 243 Å². The van der Waals surface area contributed by atoms with Crippen LogP contribution < -0.4 is 27.0 Å². The molecule has 3 aromatic rings. The van der Waals surface area contributed by atoms with Crippen LogP contribution >= 0.6 is 0 Å². The van der Waals surface area contributed by atoms with Crippen molar-refractivity contribution in [1.29, 1.82) is 0 Å². The molecule has 6 N–H and O–H groups in total. The topological polar surface area (TPSA) is 186 Å². The predicted molar refractivity (Wildman–Crippen MR) is 157 cm³/mol. The third-order valence-electron chi connectivity index (χ3n) is 6.40. The van der Waals surface area contributed by atoms with Crippen molar-refractivity contribution < 1.29 is 24.1 Å². The summed E-state index contributed by atoms with van der Waals surface area (Å²) in [5.74, 6) is -2.28. The average molecular weight is 575 g/mol. The largest absolute Gasteiger partial charge is 0.343 e. The van der Waals surface area contributed by atoms with Gasteiger partial charge in [-0.25, -0.2) is 0 Å². The molecule has 0 aliphatic rings. The Morgan fingerprint density at radius 2 is 1.17 bits per heavy atom. The maximum absolute atomic E-state index is 13.1. The Morgan fingerprint density at radius 1 is 0.690 bits per heavy atom. The van der Waals surface area contributed by atoms with Gasteiger partial charge in [0.15, 0.2) is 0 Å². The molecule has 0 aromatic heterocycles. The zero-order valence-electron chi connectivity index (χ0n) is 23.3. The van der Waals surface area contributed by atoms with E-state index in [1.807, 2.05) is 36.4 Å². The van der Waals surface area contributed by atoms with Crippen LogP contribution in [-0.2, 0) is 32.0 Å². The number of benzene rings is 3. The van der Waals surface area contributed by atoms with Gasteiger partial charge < -0.3 is 27.0 Å². The van der Waals surface area contributed by atoms with Gasteiger partial charge in [-0.05, 0) is 43.5 Å². The maximum Gasteiger partial charge on any atom is 0.269 e. The van der Waals surface area contributed by atoms with E-state index in [1.165, 1.54) is 38.1 Å². The molecule has 0 saturated heterocycles. The highest BCUT2D eigenvalue weighted by Gasteiger charge is 2.27. The molecule has 3 rings (SSSR count). The quantitative estimate of drug-likeness (QED) is 0.152. The number of rotatable bonds is 13. The van der Waals surface area contributed by atoms with Gasteiger partial charge >= 0.3 is 0 Å². The Kier molecular flexibility index (Phi) is 11.3. The first-order chi connectivity index (χ1) is 20.0. The van der Waals surface area contributed by atoms with E-state index in [4.69, 9.17) is 5.73 Å². The molecule has 3 aromatic carbocycles. The third-order valence-corrected chi connectivity index (χ3v) is 6.40. The van der Waals surface area contributed by atoms with E-state index >= 15 is 0 Å². The van der Waals surface area contributed by atoms with Crippen LogP contribution in [0.3, 0.4) is 0 Å². The number of hydrogen-bond acceptors (Lipinski definition) is 7. The van der Waals surface area contributed by atoms with Gasteiger partial charge in [0.1, 0.15) is 18.1 Å². The molecule has 0 aliphatic heterocycles. The summed E-state index contributed by atoms with van der Waals surface area (Å²) in [5.41, 5.74) is 7.84. The van der Waals surface area contributed by atoms with Crippen LogP contribution in [0.5, 0.6) is 0 Å². The molecule has 12 nitrogen and oxygen atoms in total. The Hall–Kier alpha value is -5.10. The van der Waals surface area contributed by atoms with Gasteiger partial charge in [0.05, 0.1) is 11.0 Å². The van der Waals surface area contributed by atoms with Gasteiger partial charge in [-0.2, -0.15) is 0 Å². The van der Waals surface area contributed by atoms with Crippen LogP contribution in [0.4, 0.5) is 11.4 Å². The van der Waals surface area contributed by atoms with Crippen molar-refractivity contribution in [2.24, 2.45) is 5.73 Å². The van der Waals surface area contributed by atoms with Crippen molar-refractivity contribution in [3.05, 3.63) is 106 Å². The Morgan fingerprint density at radius 3 is 1.69 bits per heavy atom. The second-order valence-corrected chi connectivity index (χ2v) is 9.80. The number of nitro groups is 1. The minimum atomic E-state index is -1.04. The minimum Gasteiger partial charge on any atom is -0.343 e. The molecule has 0 bridgehead atoms. The fourth-order valence-corrected chi connectivity index (χ4v) is 4.00. The zero-order chi connectivity index (χ0) is 30.6. The number of nitrogens with one attached hydrogen (secondary N) is 4.